The molecule has 0 fully saturated rings. The Morgan fingerprint density at radius 3 is 2.33 bits per heavy atom. The Labute approximate surface area is 105 Å². The van der Waals surface area contributed by atoms with E-state index < -0.39 is 0 Å². The second-order valence-corrected chi connectivity index (χ2v) is 3.66. The molecule has 3 nitrogen and oxygen atoms in total. The minimum absolute atomic E-state index is 0.0577. The molecule has 84 valence electrons. The third-order valence-corrected chi connectivity index (χ3v) is 2.68. The maximum atomic E-state index is 12.2. The van der Waals surface area contributed by atoms with E-state index >= 15 is 0 Å². The highest BCUT2D eigenvalue weighted by molar-refractivity contribution is 6.27. The van der Waals surface area contributed by atoms with E-state index in [1.807, 2.05) is 12.1 Å². The predicted octanol–water partition coefficient (Wildman–Crippen LogP) is 2.79. The summed E-state index contributed by atoms with van der Waals surface area (Å²) in [6, 6.07) is 10.6. The Bertz CT molecular complexity index is 702. The van der Waals surface area contributed by atoms with E-state index in [0.717, 1.165) is 0 Å². The molecule has 0 saturated heterocycles. The average Bonchev–Trinajstić information content (AvgIpc) is 2.67. The number of allylic oxidation sites excluding steroid dienone is 3. The van der Waals surface area contributed by atoms with Gasteiger partial charge in [0.1, 0.15) is 17.7 Å². The highest BCUT2D eigenvalue weighted by Crippen LogP contribution is 2.37. The first-order valence-electron chi connectivity index (χ1n) is 5.34. The van der Waals surface area contributed by atoms with Gasteiger partial charge >= 0.3 is 0 Å². The first-order chi connectivity index (χ1) is 8.74. The quantitative estimate of drug-likeness (QED) is 0.392. The molecule has 1 aromatic carbocycles. The van der Waals surface area contributed by atoms with Crippen LogP contribution in [0.4, 0.5) is 0 Å². The highest BCUT2D eigenvalue weighted by atomic mass is 16.1. The number of nitrogens with zero attached hydrogens (tertiary/aromatic N) is 2. The van der Waals surface area contributed by atoms with Gasteiger partial charge in [-0.3, -0.25) is 4.79 Å². The van der Waals surface area contributed by atoms with Crippen LogP contribution in [0, 0.1) is 22.7 Å². The fourth-order valence-electron chi connectivity index (χ4n) is 1.96. The number of hydrogen-bond acceptors (Lipinski definition) is 3. The molecule has 3 heteroatoms. The topological polar surface area (TPSA) is 64.7 Å². The molecule has 0 bridgehead atoms. The van der Waals surface area contributed by atoms with E-state index in [1.54, 1.807) is 37.3 Å². The molecule has 18 heavy (non-hydrogen) atoms. The summed E-state index contributed by atoms with van der Waals surface area (Å²) in [6.07, 6.45) is 1.60. The van der Waals surface area contributed by atoms with E-state index in [1.165, 1.54) is 0 Å². The van der Waals surface area contributed by atoms with Crippen LogP contribution in [0.3, 0.4) is 0 Å². The summed E-state index contributed by atoms with van der Waals surface area (Å²) in [5, 5.41) is 18.0. The van der Waals surface area contributed by atoms with Crippen LogP contribution in [0.25, 0.3) is 5.57 Å². The normalized spacial score (nSPS) is 12.3. The summed E-state index contributed by atoms with van der Waals surface area (Å²) in [4.78, 5) is 12.2. The molecule has 0 unspecified atom stereocenters. The molecule has 0 atom stereocenters. The zero-order chi connectivity index (χ0) is 13.1. The lowest BCUT2D eigenvalue weighted by Gasteiger charge is -1.98. The number of benzene rings is 1. The molecule has 0 spiro atoms. The van der Waals surface area contributed by atoms with E-state index in [2.05, 4.69) is 5.73 Å². The van der Waals surface area contributed by atoms with Crippen LogP contribution in [-0.2, 0) is 0 Å². The van der Waals surface area contributed by atoms with E-state index in [-0.39, 0.29) is 16.9 Å². The third-order valence-electron chi connectivity index (χ3n) is 2.68. The Hall–Kier alpha value is -2.87. The van der Waals surface area contributed by atoms with Crippen LogP contribution >= 0.6 is 0 Å². The summed E-state index contributed by atoms with van der Waals surface area (Å²) in [5.74, 6) is -0.193. The Balaban J connectivity index is 2.92. The average molecular weight is 232 g/mol. The van der Waals surface area contributed by atoms with E-state index in [4.69, 9.17) is 10.5 Å². The number of ketones is 1. The number of rotatable bonds is 0. The van der Waals surface area contributed by atoms with Crippen molar-refractivity contribution in [1.82, 2.24) is 0 Å². The number of carbonyl (C=O) groups excluding carboxylic acids is 1. The number of fused-ring (bicyclic) bond motifs is 1. The molecular weight excluding hydrogens is 224 g/mol. The molecule has 2 rings (SSSR count). The fourth-order valence-corrected chi connectivity index (χ4v) is 1.96. The van der Waals surface area contributed by atoms with Crippen LogP contribution in [0.5, 0.6) is 0 Å². The van der Waals surface area contributed by atoms with Crippen molar-refractivity contribution in [3.05, 3.63) is 58.3 Å². The molecule has 0 saturated carbocycles. The van der Waals surface area contributed by atoms with Crippen LogP contribution in [0.2, 0.25) is 0 Å². The molecule has 0 N–H and O–H groups in total. The number of nitriles is 2. The standard InChI is InChI=1S/C15H8N2O/c1-2-5-13-14(10(8-16)9-17)11-6-3-4-7-12(11)15(13)18/h2-4,6-7H,1H3. The van der Waals surface area contributed by atoms with Crippen LogP contribution < -0.4 is 0 Å². The molecule has 0 heterocycles. The zero-order valence-electron chi connectivity index (χ0n) is 9.69. The van der Waals surface area contributed by atoms with Gasteiger partial charge in [-0.25, -0.2) is 0 Å². The summed E-state index contributed by atoms with van der Waals surface area (Å²) in [6.45, 7) is 1.74. The van der Waals surface area contributed by atoms with Gasteiger partial charge in [0.05, 0.1) is 5.57 Å². The molecule has 0 aromatic heterocycles. The molecule has 1 aliphatic carbocycles. The van der Waals surface area contributed by atoms with Gasteiger partial charge in [0.25, 0.3) is 0 Å². The van der Waals surface area contributed by atoms with Crippen molar-refractivity contribution in [2.45, 2.75) is 6.92 Å². The fraction of sp³-hybridized carbons (Fsp3) is 0.0667. The lowest BCUT2D eigenvalue weighted by Crippen LogP contribution is -1.94. The van der Waals surface area contributed by atoms with Crippen molar-refractivity contribution in [3.63, 3.8) is 0 Å². The Morgan fingerprint density at radius 2 is 1.78 bits per heavy atom. The molecule has 1 aliphatic rings. The summed E-state index contributed by atoms with van der Waals surface area (Å²) in [7, 11) is 0. The minimum Gasteiger partial charge on any atom is -0.288 e. The lowest BCUT2D eigenvalue weighted by molar-refractivity contribution is 0.104. The van der Waals surface area contributed by atoms with Gasteiger partial charge < -0.3 is 0 Å². The van der Waals surface area contributed by atoms with Gasteiger partial charge in [0, 0.05) is 11.1 Å². The molecule has 0 radical (unpaired) electrons. The second kappa shape index (κ2) is 4.55. The van der Waals surface area contributed by atoms with Gasteiger partial charge in [-0.1, -0.05) is 24.3 Å². The monoisotopic (exact) mass is 232 g/mol. The van der Waals surface area contributed by atoms with Crippen molar-refractivity contribution >= 4 is 11.4 Å². The second-order valence-electron chi connectivity index (χ2n) is 3.66. The summed E-state index contributed by atoms with van der Waals surface area (Å²) in [5.41, 5.74) is 4.58. The number of Topliss-reactive ketones (excluding diaryl/α,β-unsaturated/α-hetero) is 1. The zero-order valence-corrected chi connectivity index (χ0v) is 9.69. The molecular formula is C15H8N2O. The van der Waals surface area contributed by atoms with E-state index in [0.29, 0.717) is 16.7 Å². The van der Waals surface area contributed by atoms with Crippen LogP contribution in [0.1, 0.15) is 22.8 Å². The number of hydrogen-bond donors (Lipinski definition) is 0. The van der Waals surface area contributed by atoms with Crippen molar-refractivity contribution in [2.75, 3.05) is 0 Å². The summed E-state index contributed by atoms with van der Waals surface area (Å²) >= 11 is 0. The molecule has 1 aromatic rings. The first-order valence-corrected chi connectivity index (χ1v) is 5.34. The molecule has 0 amide bonds. The van der Waals surface area contributed by atoms with Crippen molar-refractivity contribution in [2.24, 2.45) is 0 Å². The minimum atomic E-state index is -0.193. The van der Waals surface area contributed by atoms with Crippen molar-refractivity contribution in [1.29, 1.82) is 10.5 Å². The van der Waals surface area contributed by atoms with Crippen molar-refractivity contribution in [3.8, 4) is 12.1 Å². The Morgan fingerprint density at radius 1 is 1.17 bits per heavy atom. The van der Waals surface area contributed by atoms with E-state index in [9.17, 15) is 4.79 Å². The van der Waals surface area contributed by atoms with Gasteiger partial charge in [0.2, 0.25) is 5.78 Å². The van der Waals surface area contributed by atoms with Gasteiger partial charge in [-0.15, -0.1) is 5.73 Å². The van der Waals surface area contributed by atoms with Gasteiger partial charge in [-0.05, 0) is 18.6 Å². The first kappa shape index (κ1) is 11.6. The third kappa shape index (κ3) is 1.57. The number of carbonyl (C=O) groups is 1. The molecule has 0 aliphatic heterocycles. The smallest absolute Gasteiger partial charge is 0.202 e. The maximum Gasteiger partial charge on any atom is 0.202 e. The highest BCUT2D eigenvalue weighted by Gasteiger charge is 2.31. The largest absolute Gasteiger partial charge is 0.288 e. The van der Waals surface area contributed by atoms with Crippen LogP contribution in [-0.4, -0.2) is 5.78 Å². The predicted molar refractivity (Wildman–Crippen MR) is 66.2 cm³/mol. The Kier molecular flexibility index (Phi) is 2.94. The SMILES string of the molecule is CC=C=C1C(=O)c2ccccc2C1=C(C#N)C#N. The van der Waals surface area contributed by atoms with Gasteiger partial charge in [0.15, 0.2) is 0 Å². The van der Waals surface area contributed by atoms with Crippen molar-refractivity contribution < 1.29 is 4.79 Å². The summed E-state index contributed by atoms with van der Waals surface area (Å²) < 4.78 is 0. The maximum absolute atomic E-state index is 12.2. The van der Waals surface area contributed by atoms with Crippen LogP contribution in [0.15, 0.2) is 47.2 Å². The van der Waals surface area contributed by atoms with Gasteiger partial charge in [-0.2, -0.15) is 10.5 Å². The lowest BCUT2D eigenvalue weighted by atomic mass is 10.0.